The smallest absolute Gasteiger partial charge is 0.269 e. The van der Waals surface area contributed by atoms with Crippen LogP contribution < -0.4 is 0 Å². The lowest BCUT2D eigenvalue weighted by atomic mass is 10.0. The molecule has 0 saturated carbocycles. The zero-order valence-corrected chi connectivity index (χ0v) is 18.9. The molecule has 0 aliphatic carbocycles. The number of hydrogen-bond donors (Lipinski definition) is 0. The van der Waals surface area contributed by atoms with Crippen LogP contribution in [0.2, 0.25) is 0 Å². The van der Waals surface area contributed by atoms with Crippen molar-refractivity contribution in [2.45, 2.75) is 103 Å². The molecule has 0 N–H and O–H groups in total. The topological polar surface area (TPSA) is 69.4 Å². The van der Waals surface area contributed by atoms with Crippen molar-refractivity contribution in [2.75, 3.05) is 5.75 Å². The number of benzene rings is 1. The summed E-state index contributed by atoms with van der Waals surface area (Å²) < 4.78 is 17.2. The lowest BCUT2D eigenvalue weighted by Gasteiger charge is -2.05. The summed E-state index contributed by atoms with van der Waals surface area (Å²) in [5, 5.41) is 10.6. The van der Waals surface area contributed by atoms with E-state index in [9.17, 15) is 14.3 Å². The Hall–Kier alpha value is -1.27. The molecule has 0 aliphatic rings. The van der Waals surface area contributed by atoms with Crippen molar-refractivity contribution in [2.24, 2.45) is 0 Å². The van der Waals surface area contributed by atoms with E-state index in [0.29, 0.717) is 5.75 Å². The Kier molecular flexibility index (Phi) is 15.6. The van der Waals surface area contributed by atoms with Gasteiger partial charge in [0.15, 0.2) is 11.1 Å². The van der Waals surface area contributed by atoms with Crippen molar-refractivity contribution in [3.63, 3.8) is 0 Å². The van der Waals surface area contributed by atoms with Gasteiger partial charge >= 0.3 is 0 Å². The maximum atomic E-state index is 11.9. The van der Waals surface area contributed by atoms with E-state index in [1.54, 1.807) is 12.1 Å². The van der Waals surface area contributed by atoms with Crippen LogP contribution in [0.5, 0.6) is 0 Å². The number of nitro groups is 1. The second-order valence-electron chi connectivity index (χ2n) is 7.79. The van der Waals surface area contributed by atoms with Gasteiger partial charge in [-0.1, -0.05) is 90.4 Å². The van der Waals surface area contributed by atoms with E-state index >= 15 is 0 Å². The van der Waals surface area contributed by atoms with Gasteiger partial charge in [-0.3, -0.25) is 14.3 Å². The van der Waals surface area contributed by atoms with E-state index in [1.807, 2.05) is 0 Å². The largest absolute Gasteiger partial charge is 0.286 e. The van der Waals surface area contributed by atoms with E-state index in [0.717, 1.165) is 18.4 Å². The van der Waals surface area contributed by atoms with Gasteiger partial charge in [-0.05, 0) is 24.1 Å². The van der Waals surface area contributed by atoms with Crippen LogP contribution in [0, 0.1) is 10.1 Å². The minimum Gasteiger partial charge on any atom is -0.286 e. The van der Waals surface area contributed by atoms with Crippen LogP contribution in [0.25, 0.3) is 0 Å². The monoisotopic (exact) mass is 425 g/mol. The lowest BCUT2D eigenvalue weighted by Crippen LogP contribution is -2.03. The van der Waals surface area contributed by atoms with E-state index in [2.05, 4.69) is 6.92 Å². The fraction of sp³-hybridized carbons (Fsp3) is 0.739. The number of nitrogens with zero attached hydrogens (tertiary/aromatic N) is 1. The minimum absolute atomic E-state index is 0.0530. The van der Waals surface area contributed by atoms with Crippen molar-refractivity contribution in [1.29, 1.82) is 0 Å². The Labute approximate surface area is 179 Å². The standard InChI is InChI=1S/C23H39NO4S/c1-2-3-4-5-6-7-8-9-10-11-12-13-14-15-20-29(27)28-21-22-16-18-23(19-17-22)24(25)26/h16-19H,2-15,20-21H2,1H3. The minimum atomic E-state index is -1.28. The summed E-state index contributed by atoms with van der Waals surface area (Å²) in [5.41, 5.74) is 0.849. The van der Waals surface area contributed by atoms with Crippen molar-refractivity contribution in [3.05, 3.63) is 39.9 Å². The zero-order chi connectivity index (χ0) is 21.2. The average molecular weight is 426 g/mol. The molecule has 1 rings (SSSR count). The van der Waals surface area contributed by atoms with E-state index in [-0.39, 0.29) is 12.3 Å². The molecule has 0 amide bonds. The number of hydrogen-bond acceptors (Lipinski definition) is 4. The molecule has 29 heavy (non-hydrogen) atoms. The van der Waals surface area contributed by atoms with Gasteiger partial charge in [0.25, 0.3) is 5.69 Å². The van der Waals surface area contributed by atoms with Crippen LogP contribution in [0.4, 0.5) is 5.69 Å². The lowest BCUT2D eigenvalue weighted by molar-refractivity contribution is -0.384. The molecular weight excluding hydrogens is 386 g/mol. The van der Waals surface area contributed by atoms with Gasteiger partial charge in [0, 0.05) is 17.9 Å². The van der Waals surface area contributed by atoms with E-state index in [1.165, 1.54) is 89.2 Å². The summed E-state index contributed by atoms with van der Waals surface area (Å²) in [7, 11) is 0. The summed E-state index contributed by atoms with van der Waals surface area (Å²) in [6, 6.07) is 6.16. The van der Waals surface area contributed by atoms with Gasteiger partial charge in [0.05, 0.1) is 11.5 Å². The predicted molar refractivity (Wildman–Crippen MR) is 121 cm³/mol. The third-order valence-corrected chi connectivity index (χ3v) is 6.17. The first-order valence-electron chi connectivity index (χ1n) is 11.4. The molecule has 0 aromatic heterocycles. The van der Waals surface area contributed by atoms with Crippen LogP contribution in [-0.4, -0.2) is 14.9 Å². The van der Waals surface area contributed by atoms with Crippen LogP contribution in [0.15, 0.2) is 24.3 Å². The normalized spacial score (nSPS) is 12.2. The van der Waals surface area contributed by atoms with Gasteiger partial charge in [-0.15, -0.1) is 0 Å². The quantitative estimate of drug-likeness (QED) is 0.133. The molecule has 1 aromatic carbocycles. The first-order chi connectivity index (χ1) is 14.1. The first-order valence-corrected chi connectivity index (χ1v) is 12.6. The number of rotatable bonds is 19. The predicted octanol–water partition coefficient (Wildman–Crippen LogP) is 7.26. The summed E-state index contributed by atoms with van der Waals surface area (Å²) in [5.74, 6) is 0.561. The molecule has 0 saturated heterocycles. The van der Waals surface area contributed by atoms with Gasteiger partial charge < -0.3 is 0 Å². The average Bonchev–Trinajstić information content (AvgIpc) is 2.72. The third-order valence-electron chi connectivity index (χ3n) is 5.17. The van der Waals surface area contributed by atoms with Crippen molar-refractivity contribution in [1.82, 2.24) is 0 Å². The highest BCUT2D eigenvalue weighted by Gasteiger charge is 2.06. The molecule has 0 spiro atoms. The molecule has 1 aromatic rings. The van der Waals surface area contributed by atoms with Crippen molar-refractivity contribution in [3.8, 4) is 0 Å². The fourth-order valence-electron chi connectivity index (χ4n) is 3.32. The molecule has 6 heteroatoms. The second kappa shape index (κ2) is 17.6. The molecule has 5 nitrogen and oxygen atoms in total. The van der Waals surface area contributed by atoms with Crippen LogP contribution >= 0.6 is 0 Å². The first kappa shape index (κ1) is 25.8. The Morgan fingerprint density at radius 3 is 1.69 bits per heavy atom. The molecule has 0 heterocycles. The summed E-state index contributed by atoms with van der Waals surface area (Å²) in [6.07, 6.45) is 18.2. The fourth-order valence-corrected chi connectivity index (χ4v) is 4.15. The summed E-state index contributed by atoms with van der Waals surface area (Å²) in [6.45, 7) is 2.49. The Morgan fingerprint density at radius 1 is 0.793 bits per heavy atom. The zero-order valence-electron chi connectivity index (χ0n) is 18.1. The van der Waals surface area contributed by atoms with E-state index in [4.69, 9.17) is 4.18 Å². The molecule has 1 unspecified atom stereocenters. The van der Waals surface area contributed by atoms with Crippen LogP contribution in [-0.2, 0) is 21.9 Å². The summed E-state index contributed by atoms with van der Waals surface area (Å²) in [4.78, 5) is 10.2. The SMILES string of the molecule is CCCCCCCCCCCCCCCCS(=O)OCc1ccc([N+](=O)[O-])cc1. The summed E-state index contributed by atoms with van der Waals surface area (Å²) >= 11 is -1.28. The van der Waals surface area contributed by atoms with Gasteiger partial charge in [0.2, 0.25) is 0 Å². The van der Waals surface area contributed by atoms with Crippen LogP contribution in [0.1, 0.15) is 102 Å². The Morgan fingerprint density at radius 2 is 1.24 bits per heavy atom. The van der Waals surface area contributed by atoms with E-state index < -0.39 is 16.0 Å². The van der Waals surface area contributed by atoms with Crippen LogP contribution in [0.3, 0.4) is 0 Å². The van der Waals surface area contributed by atoms with Gasteiger partial charge in [-0.25, -0.2) is 4.21 Å². The second-order valence-corrected chi connectivity index (χ2v) is 9.04. The molecule has 166 valence electrons. The Balaban J connectivity index is 1.88. The van der Waals surface area contributed by atoms with Crippen molar-refractivity contribution >= 4 is 16.8 Å². The Bertz CT molecular complexity index is 563. The van der Waals surface area contributed by atoms with Gasteiger partial charge in [-0.2, -0.15) is 0 Å². The maximum absolute atomic E-state index is 11.9. The highest BCUT2D eigenvalue weighted by atomic mass is 32.2. The molecule has 0 radical (unpaired) electrons. The molecule has 0 aliphatic heterocycles. The highest BCUT2D eigenvalue weighted by Crippen LogP contribution is 2.14. The van der Waals surface area contributed by atoms with Crippen molar-refractivity contribution < 1.29 is 13.3 Å². The maximum Gasteiger partial charge on any atom is 0.269 e. The molecule has 0 fully saturated rings. The highest BCUT2D eigenvalue weighted by molar-refractivity contribution is 7.80. The number of unbranched alkanes of at least 4 members (excludes halogenated alkanes) is 13. The number of nitro benzene ring substituents is 1. The third kappa shape index (κ3) is 14.4. The van der Waals surface area contributed by atoms with Gasteiger partial charge in [0.1, 0.15) is 0 Å². The molecule has 0 bridgehead atoms. The molecule has 1 atom stereocenters. The number of non-ortho nitro benzene ring substituents is 1. The molecular formula is C23H39NO4S.